The van der Waals surface area contributed by atoms with Crippen molar-refractivity contribution in [3.8, 4) is 0 Å². The van der Waals surface area contributed by atoms with Crippen LogP contribution in [0.15, 0.2) is 53.3 Å². The van der Waals surface area contributed by atoms with Crippen LogP contribution >= 0.6 is 0 Å². The summed E-state index contributed by atoms with van der Waals surface area (Å²) in [6, 6.07) is 12.8. The standard InChI is InChI=1S/C19H27NO/c1(4-9-18-10-5-3-6-11-18)2-7-14-20-15-8-12-19-13-16-21-17-19/h3,5-6,10-11,13,16-17,20H,1-2,4,7-9,12,14-15H2. The SMILES string of the molecule is c1ccc(CCCCCCNCCCc2ccoc2)cc1. The first-order chi connectivity index (χ1) is 10.4. The third kappa shape index (κ3) is 7.14. The van der Waals surface area contributed by atoms with Gasteiger partial charge < -0.3 is 9.73 Å². The largest absolute Gasteiger partial charge is 0.472 e. The zero-order valence-electron chi connectivity index (χ0n) is 12.9. The van der Waals surface area contributed by atoms with E-state index in [0.29, 0.717) is 0 Å². The van der Waals surface area contributed by atoms with Crippen molar-refractivity contribution >= 4 is 0 Å². The number of rotatable bonds is 11. The van der Waals surface area contributed by atoms with Crippen molar-refractivity contribution in [1.82, 2.24) is 5.32 Å². The summed E-state index contributed by atoms with van der Waals surface area (Å²) in [5.74, 6) is 0. The number of unbranched alkanes of at least 4 members (excludes halogenated alkanes) is 3. The monoisotopic (exact) mass is 285 g/mol. The minimum Gasteiger partial charge on any atom is -0.472 e. The van der Waals surface area contributed by atoms with Crippen LogP contribution in [0.3, 0.4) is 0 Å². The van der Waals surface area contributed by atoms with Crippen molar-refractivity contribution in [1.29, 1.82) is 0 Å². The summed E-state index contributed by atoms with van der Waals surface area (Å²) < 4.78 is 5.06. The molecule has 2 nitrogen and oxygen atoms in total. The topological polar surface area (TPSA) is 25.2 Å². The fourth-order valence-electron chi connectivity index (χ4n) is 2.55. The van der Waals surface area contributed by atoms with Gasteiger partial charge in [0.2, 0.25) is 0 Å². The van der Waals surface area contributed by atoms with E-state index in [2.05, 4.69) is 35.6 Å². The molecule has 0 aliphatic carbocycles. The van der Waals surface area contributed by atoms with Gasteiger partial charge in [0.15, 0.2) is 0 Å². The van der Waals surface area contributed by atoms with Gasteiger partial charge in [-0.2, -0.15) is 0 Å². The van der Waals surface area contributed by atoms with Crippen LogP contribution in [0.25, 0.3) is 0 Å². The molecule has 0 aliphatic heterocycles. The van der Waals surface area contributed by atoms with Crippen molar-refractivity contribution in [3.05, 3.63) is 60.1 Å². The Kier molecular flexibility index (Phi) is 7.71. The Morgan fingerprint density at radius 1 is 0.714 bits per heavy atom. The molecule has 0 atom stereocenters. The molecule has 114 valence electrons. The van der Waals surface area contributed by atoms with Crippen LogP contribution in [0, 0.1) is 0 Å². The fraction of sp³-hybridized carbons (Fsp3) is 0.474. The van der Waals surface area contributed by atoms with E-state index in [-0.39, 0.29) is 0 Å². The summed E-state index contributed by atoms with van der Waals surface area (Å²) in [4.78, 5) is 0. The third-order valence-corrected chi connectivity index (χ3v) is 3.81. The van der Waals surface area contributed by atoms with E-state index in [4.69, 9.17) is 4.42 Å². The second-order valence-corrected chi connectivity index (χ2v) is 5.63. The normalized spacial score (nSPS) is 10.9. The molecule has 0 saturated heterocycles. The lowest BCUT2D eigenvalue weighted by atomic mass is 10.1. The Balaban J connectivity index is 1.35. The molecule has 0 spiro atoms. The van der Waals surface area contributed by atoms with E-state index < -0.39 is 0 Å². The Hall–Kier alpha value is -1.54. The van der Waals surface area contributed by atoms with Crippen molar-refractivity contribution < 1.29 is 4.42 Å². The third-order valence-electron chi connectivity index (χ3n) is 3.81. The van der Waals surface area contributed by atoms with Gasteiger partial charge in [0, 0.05) is 0 Å². The van der Waals surface area contributed by atoms with Gasteiger partial charge in [-0.05, 0) is 62.4 Å². The van der Waals surface area contributed by atoms with Crippen molar-refractivity contribution in [2.45, 2.75) is 44.9 Å². The van der Waals surface area contributed by atoms with Crippen molar-refractivity contribution in [3.63, 3.8) is 0 Å². The molecule has 0 bridgehead atoms. The molecular formula is C19H27NO. The number of hydrogen-bond donors (Lipinski definition) is 1. The Morgan fingerprint density at radius 2 is 1.48 bits per heavy atom. The minimum atomic E-state index is 1.11. The Labute approximate surface area is 128 Å². The summed E-state index contributed by atoms with van der Waals surface area (Å²) in [7, 11) is 0. The molecule has 2 aromatic rings. The lowest BCUT2D eigenvalue weighted by Crippen LogP contribution is -2.17. The smallest absolute Gasteiger partial charge is 0.0934 e. The zero-order valence-corrected chi connectivity index (χ0v) is 12.9. The number of benzene rings is 1. The van der Waals surface area contributed by atoms with Crippen molar-refractivity contribution in [2.75, 3.05) is 13.1 Å². The molecule has 21 heavy (non-hydrogen) atoms. The molecule has 2 heteroatoms. The average Bonchev–Trinajstić information content (AvgIpc) is 3.03. The summed E-state index contributed by atoms with van der Waals surface area (Å²) >= 11 is 0. The summed E-state index contributed by atoms with van der Waals surface area (Å²) in [5, 5.41) is 3.53. The van der Waals surface area contributed by atoms with Crippen LogP contribution in [-0.2, 0) is 12.8 Å². The number of nitrogens with one attached hydrogen (secondary N) is 1. The quantitative estimate of drug-likeness (QED) is 0.610. The fourth-order valence-corrected chi connectivity index (χ4v) is 2.55. The van der Waals surface area contributed by atoms with E-state index in [9.17, 15) is 0 Å². The van der Waals surface area contributed by atoms with Crippen LogP contribution in [0.4, 0.5) is 0 Å². The predicted molar refractivity (Wildman–Crippen MR) is 88.5 cm³/mol. The highest BCUT2D eigenvalue weighted by Gasteiger charge is 1.95. The zero-order chi connectivity index (χ0) is 14.6. The predicted octanol–water partition coefficient (Wildman–Crippen LogP) is 4.60. The van der Waals surface area contributed by atoms with E-state index in [0.717, 1.165) is 19.5 Å². The summed E-state index contributed by atoms with van der Waals surface area (Å²) in [5.41, 5.74) is 2.77. The van der Waals surface area contributed by atoms with Crippen LogP contribution in [0.1, 0.15) is 43.2 Å². The maximum absolute atomic E-state index is 5.06. The second kappa shape index (κ2) is 10.2. The lowest BCUT2D eigenvalue weighted by Gasteiger charge is -2.04. The van der Waals surface area contributed by atoms with Gasteiger partial charge >= 0.3 is 0 Å². The first-order valence-corrected chi connectivity index (χ1v) is 8.21. The van der Waals surface area contributed by atoms with Crippen LogP contribution in [0.2, 0.25) is 0 Å². The van der Waals surface area contributed by atoms with Crippen LogP contribution < -0.4 is 5.32 Å². The van der Waals surface area contributed by atoms with Gasteiger partial charge in [-0.25, -0.2) is 0 Å². The van der Waals surface area contributed by atoms with E-state index >= 15 is 0 Å². The average molecular weight is 285 g/mol. The minimum absolute atomic E-state index is 1.11. The molecular weight excluding hydrogens is 258 g/mol. The Bertz CT molecular complexity index is 450. The van der Waals surface area contributed by atoms with Gasteiger partial charge in [0.1, 0.15) is 0 Å². The number of furan rings is 1. The van der Waals surface area contributed by atoms with Crippen LogP contribution in [0.5, 0.6) is 0 Å². The molecule has 1 N–H and O–H groups in total. The van der Waals surface area contributed by atoms with Crippen LogP contribution in [-0.4, -0.2) is 13.1 Å². The lowest BCUT2D eigenvalue weighted by molar-refractivity contribution is 0.558. The highest BCUT2D eigenvalue weighted by Crippen LogP contribution is 2.07. The van der Waals surface area contributed by atoms with Gasteiger partial charge in [0.25, 0.3) is 0 Å². The molecule has 0 radical (unpaired) electrons. The van der Waals surface area contributed by atoms with Gasteiger partial charge in [-0.3, -0.25) is 0 Å². The first kappa shape index (κ1) is 15.8. The van der Waals surface area contributed by atoms with Gasteiger partial charge in [-0.15, -0.1) is 0 Å². The maximum atomic E-state index is 5.06. The molecule has 0 aliphatic rings. The molecule has 1 heterocycles. The highest BCUT2D eigenvalue weighted by molar-refractivity contribution is 5.14. The molecule has 0 unspecified atom stereocenters. The molecule has 1 aromatic heterocycles. The number of hydrogen-bond acceptors (Lipinski definition) is 2. The first-order valence-electron chi connectivity index (χ1n) is 8.21. The molecule has 2 rings (SSSR count). The second-order valence-electron chi connectivity index (χ2n) is 5.63. The highest BCUT2D eigenvalue weighted by atomic mass is 16.3. The molecule has 0 fully saturated rings. The van der Waals surface area contributed by atoms with Crippen molar-refractivity contribution in [2.24, 2.45) is 0 Å². The van der Waals surface area contributed by atoms with E-state index in [1.54, 1.807) is 6.26 Å². The molecule has 0 saturated carbocycles. The summed E-state index contributed by atoms with van der Waals surface area (Å²) in [6.45, 7) is 2.26. The maximum Gasteiger partial charge on any atom is 0.0934 e. The molecule has 0 amide bonds. The summed E-state index contributed by atoms with van der Waals surface area (Å²) in [6.07, 6.45) is 12.4. The van der Waals surface area contributed by atoms with Gasteiger partial charge in [-0.1, -0.05) is 43.2 Å². The number of aryl methyl sites for hydroxylation is 2. The Morgan fingerprint density at radius 3 is 2.29 bits per heavy atom. The van der Waals surface area contributed by atoms with Gasteiger partial charge in [0.05, 0.1) is 12.5 Å². The molecule has 1 aromatic carbocycles. The van der Waals surface area contributed by atoms with E-state index in [1.807, 2.05) is 12.3 Å². The van der Waals surface area contributed by atoms with E-state index in [1.165, 1.54) is 49.7 Å².